The molecule has 2 N–H and O–H groups in total. The summed E-state index contributed by atoms with van der Waals surface area (Å²) in [5, 5.41) is 0. The molecule has 2 atom stereocenters. The molecule has 1 unspecified atom stereocenters. The maximum atomic E-state index is 12.3. The lowest BCUT2D eigenvalue weighted by Gasteiger charge is -2.18. The van der Waals surface area contributed by atoms with Crippen molar-refractivity contribution in [1.82, 2.24) is 0 Å². The van der Waals surface area contributed by atoms with Crippen LogP contribution >= 0.6 is 7.82 Å². The van der Waals surface area contributed by atoms with Crippen LogP contribution in [0, 0.1) is 11.8 Å². The lowest BCUT2D eigenvalue weighted by Crippen LogP contribution is -2.29. The van der Waals surface area contributed by atoms with E-state index in [-0.39, 0.29) is 19.4 Å². The molecule has 9 heteroatoms. The van der Waals surface area contributed by atoms with Crippen LogP contribution in [0.25, 0.3) is 0 Å². The van der Waals surface area contributed by atoms with Crippen molar-refractivity contribution in [2.75, 3.05) is 13.2 Å². The van der Waals surface area contributed by atoms with Crippen LogP contribution in [0.1, 0.15) is 169 Å². The number of phosphoric acid groups is 1. The van der Waals surface area contributed by atoms with Gasteiger partial charge in [0.25, 0.3) is 0 Å². The second-order valence-corrected chi connectivity index (χ2v) is 13.8. The van der Waals surface area contributed by atoms with Gasteiger partial charge in [-0.2, -0.15) is 0 Å². The summed E-state index contributed by atoms with van der Waals surface area (Å²) in [7, 11) is -4.74. The number of hydrogen-bond acceptors (Lipinski definition) is 6. The number of carbonyl (C=O) groups excluding carboxylic acids is 2. The number of esters is 2. The van der Waals surface area contributed by atoms with E-state index in [9.17, 15) is 14.2 Å². The maximum Gasteiger partial charge on any atom is 0.469 e. The molecule has 0 aromatic heterocycles. The first kappa shape index (κ1) is 41.0. The predicted molar refractivity (Wildman–Crippen MR) is 170 cm³/mol. The highest BCUT2D eigenvalue weighted by atomic mass is 31.2. The number of ether oxygens (including phenoxy) is 2. The molecular formula is C33H65O8P. The zero-order valence-corrected chi connectivity index (χ0v) is 28.4. The van der Waals surface area contributed by atoms with Gasteiger partial charge in [0, 0.05) is 12.8 Å². The monoisotopic (exact) mass is 620 g/mol. The van der Waals surface area contributed by atoms with Crippen molar-refractivity contribution in [2.24, 2.45) is 11.8 Å². The Labute approximate surface area is 257 Å². The summed E-state index contributed by atoms with van der Waals surface area (Å²) in [5.41, 5.74) is 0. The molecule has 0 aliphatic heterocycles. The molecule has 42 heavy (non-hydrogen) atoms. The predicted octanol–water partition coefficient (Wildman–Crippen LogP) is 9.44. The van der Waals surface area contributed by atoms with Crippen LogP contribution in [0.2, 0.25) is 0 Å². The van der Waals surface area contributed by atoms with Crippen molar-refractivity contribution < 1.29 is 37.9 Å². The Kier molecular flexibility index (Phi) is 27.0. The SMILES string of the molecule is CCC(C)CCCCCCCCCCCCC(=O)O[C@H](COC(=O)CCCCCCCCCC(C)C)COP(=O)(O)O. The van der Waals surface area contributed by atoms with E-state index in [4.69, 9.17) is 19.3 Å². The third kappa shape index (κ3) is 30.5. The molecular weight excluding hydrogens is 555 g/mol. The molecule has 0 aliphatic carbocycles. The number of hydrogen-bond donors (Lipinski definition) is 2. The summed E-state index contributed by atoms with van der Waals surface area (Å²) in [6.07, 6.45) is 22.7. The van der Waals surface area contributed by atoms with Gasteiger partial charge in [0.15, 0.2) is 6.10 Å². The Morgan fingerprint density at radius 2 is 1.05 bits per heavy atom. The van der Waals surface area contributed by atoms with Gasteiger partial charge in [-0.05, 0) is 24.7 Å². The molecule has 0 heterocycles. The number of unbranched alkanes of at least 4 members (excludes halogenated alkanes) is 15. The smallest absolute Gasteiger partial charge is 0.462 e. The standard InChI is InChI=1S/C33H65O8P/c1-5-30(4)24-20-16-12-8-6-7-9-13-18-22-26-33(35)41-31(28-40-42(36,37)38)27-39-32(34)25-21-17-14-10-11-15-19-23-29(2)3/h29-31H,5-28H2,1-4H3,(H2,36,37,38)/t30?,31-/m1/s1. The van der Waals surface area contributed by atoms with Gasteiger partial charge < -0.3 is 19.3 Å². The van der Waals surface area contributed by atoms with E-state index in [1.54, 1.807) is 0 Å². The highest BCUT2D eigenvalue weighted by molar-refractivity contribution is 7.46. The summed E-state index contributed by atoms with van der Waals surface area (Å²) in [6.45, 7) is 8.27. The Bertz CT molecular complexity index is 694. The maximum absolute atomic E-state index is 12.3. The van der Waals surface area contributed by atoms with Crippen LogP contribution in [0.4, 0.5) is 0 Å². The lowest BCUT2D eigenvalue weighted by atomic mass is 9.99. The van der Waals surface area contributed by atoms with Crippen LogP contribution in [-0.2, 0) is 28.2 Å². The zero-order valence-electron chi connectivity index (χ0n) is 27.5. The van der Waals surface area contributed by atoms with Crippen molar-refractivity contribution in [3.63, 3.8) is 0 Å². The third-order valence-corrected chi connectivity index (χ3v) is 8.33. The average Bonchev–Trinajstić information content (AvgIpc) is 2.93. The largest absolute Gasteiger partial charge is 0.469 e. The highest BCUT2D eigenvalue weighted by Gasteiger charge is 2.22. The van der Waals surface area contributed by atoms with Crippen LogP contribution < -0.4 is 0 Å². The van der Waals surface area contributed by atoms with Crippen molar-refractivity contribution in [2.45, 2.75) is 175 Å². The van der Waals surface area contributed by atoms with Gasteiger partial charge in [0.05, 0.1) is 6.61 Å². The molecule has 0 aliphatic rings. The van der Waals surface area contributed by atoms with Crippen molar-refractivity contribution in [3.8, 4) is 0 Å². The van der Waals surface area contributed by atoms with Crippen LogP contribution in [0.3, 0.4) is 0 Å². The summed E-state index contributed by atoms with van der Waals surface area (Å²) >= 11 is 0. The van der Waals surface area contributed by atoms with Crippen LogP contribution in [-0.4, -0.2) is 41.0 Å². The summed E-state index contributed by atoms with van der Waals surface area (Å²) in [6, 6.07) is 0. The first-order valence-electron chi connectivity index (χ1n) is 17.1. The van der Waals surface area contributed by atoms with E-state index in [0.29, 0.717) is 6.42 Å². The minimum Gasteiger partial charge on any atom is -0.462 e. The fourth-order valence-electron chi connectivity index (χ4n) is 4.89. The molecule has 0 aromatic carbocycles. The van der Waals surface area contributed by atoms with Crippen molar-refractivity contribution >= 4 is 19.8 Å². The Hall–Kier alpha value is -0.950. The first-order valence-corrected chi connectivity index (χ1v) is 18.6. The van der Waals surface area contributed by atoms with Crippen LogP contribution in [0.5, 0.6) is 0 Å². The van der Waals surface area contributed by atoms with Crippen molar-refractivity contribution in [3.05, 3.63) is 0 Å². The summed E-state index contributed by atoms with van der Waals surface area (Å²) in [5.74, 6) is 0.727. The molecule has 0 aromatic rings. The molecule has 0 fully saturated rings. The normalized spacial score (nSPS) is 13.3. The molecule has 0 saturated carbocycles. The van der Waals surface area contributed by atoms with Gasteiger partial charge in [-0.3, -0.25) is 14.1 Å². The van der Waals surface area contributed by atoms with Crippen LogP contribution in [0.15, 0.2) is 0 Å². The third-order valence-electron chi connectivity index (χ3n) is 7.84. The first-order chi connectivity index (χ1) is 20.0. The fourth-order valence-corrected chi connectivity index (χ4v) is 5.25. The van der Waals surface area contributed by atoms with E-state index < -0.39 is 32.5 Å². The molecule has 0 bridgehead atoms. The van der Waals surface area contributed by atoms with Crippen molar-refractivity contribution in [1.29, 1.82) is 0 Å². The topological polar surface area (TPSA) is 119 Å². The number of carbonyl (C=O) groups is 2. The molecule has 0 saturated heterocycles. The minimum atomic E-state index is -4.74. The average molecular weight is 621 g/mol. The lowest BCUT2D eigenvalue weighted by molar-refractivity contribution is -0.161. The molecule has 0 radical (unpaired) electrons. The van der Waals surface area contributed by atoms with E-state index in [1.807, 2.05) is 0 Å². The fraction of sp³-hybridized carbons (Fsp3) is 0.939. The van der Waals surface area contributed by atoms with E-state index in [1.165, 1.54) is 83.5 Å². The molecule has 250 valence electrons. The summed E-state index contributed by atoms with van der Waals surface area (Å²) in [4.78, 5) is 42.5. The molecule has 0 amide bonds. The van der Waals surface area contributed by atoms with E-state index >= 15 is 0 Å². The van der Waals surface area contributed by atoms with E-state index in [2.05, 4.69) is 32.2 Å². The number of phosphoric ester groups is 1. The number of rotatable bonds is 30. The van der Waals surface area contributed by atoms with Gasteiger partial charge in [-0.15, -0.1) is 0 Å². The van der Waals surface area contributed by atoms with Gasteiger partial charge in [-0.25, -0.2) is 4.57 Å². The molecule has 0 rings (SSSR count). The molecule has 0 spiro atoms. The second kappa shape index (κ2) is 27.6. The van der Waals surface area contributed by atoms with Gasteiger partial charge in [0.1, 0.15) is 6.61 Å². The quantitative estimate of drug-likeness (QED) is 0.0463. The van der Waals surface area contributed by atoms with Gasteiger partial charge >= 0.3 is 19.8 Å². The molecule has 8 nitrogen and oxygen atoms in total. The zero-order chi connectivity index (χ0) is 31.5. The Morgan fingerprint density at radius 3 is 1.50 bits per heavy atom. The minimum absolute atomic E-state index is 0.216. The van der Waals surface area contributed by atoms with Gasteiger partial charge in [-0.1, -0.05) is 143 Å². The van der Waals surface area contributed by atoms with E-state index in [0.717, 1.165) is 50.4 Å². The van der Waals surface area contributed by atoms with Gasteiger partial charge in [0.2, 0.25) is 0 Å². The Morgan fingerprint density at radius 1 is 0.619 bits per heavy atom. The highest BCUT2D eigenvalue weighted by Crippen LogP contribution is 2.36. The Balaban J connectivity index is 4.00. The summed E-state index contributed by atoms with van der Waals surface area (Å²) < 4.78 is 26.2. The second-order valence-electron chi connectivity index (χ2n) is 12.6.